The number of rotatable bonds is 8. The first-order valence-electron chi connectivity index (χ1n) is 6.30. The summed E-state index contributed by atoms with van der Waals surface area (Å²) in [7, 11) is 0. The van der Waals surface area contributed by atoms with Gasteiger partial charge in [-0.05, 0) is 0 Å². The number of hydrogen-bond donors (Lipinski definition) is 0. The smallest absolute Gasteiger partial charge is 0.211 e. The molecule has 0 bridgehead atoms. The fourth-order valence-electron chi connectivity index (χ4n) is 1.99. The summed E-state index contributed by atoms with van der Waals surface area (Å²) in [6.45, 7) is -1.01. The molecule has 1 aromatic rings. The largest absolute Gasteiger partial charge is 0.240 e. The monoisotopic (exact) mass is 352 g/mol. The highest BCUT2D eigenvalue weighted by Gasteiger charge is 2.24. The van der Waals surface area contributed by atoms with E-state index in [1.165, 1.54) is 36.5 Å². The highest BCUT2D eigenvalue weighted by molar-refractivity contribution is 5.91. The van der Waals surface area contributed by atoms with Gasteiger partial charge in [-0.25, -0.2) is 38.8 Å². The van der Waals surface area contributed by atoms with Crippen LogP contribution < -0.4 is 0 Å². The highest BCUT2D eigenvalue weighted by atomic mass is 16.1. The molecule has 0 aliphatic rings. The molecule has 26 heavy (non-hydrogen) atoms. The van der Waals surface area contributed by atoms with Crippen molar-refractivity contribution in [2.45, 2.75) is 13.1 Å². The number of carbonyl (C=O) groups excluding carboxylic acids is 6. The van der Waals surface area contributed by atoms with Gasteiger partial charge in [0.1, 0.15) is 17.1 Å². The van der Waals surface area contributed by atoms with Gasteiger partial charge in [-0.15, -0.1) is 0 Å². The van der Waals surface area contributed by atoms with Crippen molar-refractivity contribution in [2.75, 3.05) is 0 Å². The van der Waals surface area contributed by atoms with Crippen LogP contribution in [-0.4, -0.2) is 36.5 Å². The first-order valence-corrected chi connectivity index (χ1v) is 6.30. The summed E-state index contributed by atoms with van der Waals surface area (Å²) in [6, 6.07) is 0. The van der Waals surface area contributed by atoms with E-state index in [2.05, 4.69) is 30.0 Å². The van der Waals surface area contributed by atoms with Crippen molar-refractivity contribution in [2.24, 2.45) is 30.0 Å². The standard InChI is InChI=1S/C14H4N6O6/c21-3-15-1-9-11(17-5-23)10(2-16-4-22)13(19-7-25)14(20-8-26)12(9)18-6-24/h1-2H2. The minimum atomic E-state index is -0.505. The molecule has 0 fully saturated rings. The van der Waals surface area contributed by atoms with Crippen LogP contribution in [0.3, 0.4) is 0 Å². The Hall–Kier alpha value is -4.50. The first kappa shape index (κ1) is 19.5. The Morgan fingerprint density at radius 1 is 0.462 bits per heavy atom. The van der Waals surface area contributed by atoms with Crippen LogP contribution in [0.1, 0.15) is 11.1 Å². The predicted octanol–water partition coefficient (Wildman–Crippen LogP) is 1.23. The minimum Gasteiger partial charge on any atom is -0.211 e. The molecule has 0 amide bonds. The third kappa shape index (κ3) is 4.28. The highest BCUT2D eigenvalue weighted by Crippen LogP contribution is 2.49. The summed E-state index contributed by atoms with van der Waals surface area (Å²) in [5, 5.41) is 0. The molecule has 0 aromatic heterocycles. The maximum absolute atomic E-state index is 10.8. The normalized spacial score (nSPS) is 8.31. The lowest BCUT2D eigenvalue weighted by Crippen LogP contribution is -1.94. The van der Waals surface area contributed by atoms with Crippen molar-refractivity contribution in [1.29, 1.82) is 0 Å². The van der Waals surface area contributed by atoms with Gasteiger partial charge in [0.15, 0.2) is 0 Å². The molecule has 0 saturated heterocycles. The summed E-state index contributed by atoms with van der Waals surface area (Å²) in [6.07, 6.45) is 7.19. The topological polar surface area (TPSA) is 177 Å². The molecule has 0 radical (unpaired) electrons. The Balaban J connectivity index is 4.30. The molecule has 0 atom stereocenters. The molecular formula is C14H4N6O6. The lowest BCUT2D eigenvalue weighted by atomic mass is 10.00. The van der Waals surface area contributed by atoms with Gasteiger partial charge >= 0.3 is 0 Å². The lowest BCUT2D eigenvalue weighted by molar-refractivity contribution is 0.562. The second kappa shape index (κ2) is 10.3. The predicted molar refractivity (Wildman–Crippen MR) is 81.2 cm³/mol. The van der Waals surface area contributed by atoms with Crippen LogP contribution in [0.2, 0.25) is 0 Å². The van der Waals surface area contributed by atoms with Gasteiger partial charge in [0.2, 0.25) is 36.5 Å². The van der Waals surface area contributed by atoms with Crippen molar-refractivity contribution in [1.82, 2.24) is 0 Å². The number of isocyanates is 6. The van der Waals surface area contributed by atoms with Crippen LogP contribution >= 0.6 is 0 Å². The second-order valence-corrected chi connectivity index (χ2v) is 3.98. The van der Waals surface area contributed by atoms with E-state index in [1.807, 2.05) is 0 Å². The molecule has 0 saturated carbocycles. The zero-order valence-electron chi connectivity index (χ0n) is 12.5. The third-order valence-corrected chi connectivity index (χ3v) is 2.83. The molecule has 12 heteroatoms. The molecule has 0 heterocycles. The number of aliphatic imine (C=N–C) groups is 6. The zero-order valence-corrected chi connectivity index (χ0v) is 12.5. The van der Waals surface area contributed by atoms with Gasteiger partial charge in [-0.2, -0.15) is 20.0 Å². The van der Waals surface area contributed by atoms with Gasteiger partial charge in [0, 0.05) is 11.1 Å². The second-order valence-electron chi connectivity index (χ2n) is 3.98. The molecule has 0 unspecified atom stereocenters. The lowest BCUT2D eigenvalue weighted by Gasteiger charge is -2.14. The molecule has 0 spiro atoms. The van der Waals surface area contributed by atoms with Crippen LogP contribution in [-0.2, 0) is 41.9 Å². The number of hydrogen-bond acceptors (Lipinski definition) is 12. The summed E-state index contributed by atoms with van der Waals surface area (Å²) in [5.74, 6) is 0. The van der Waals surface area contributed by atoms with Gasteiger partial charge in [-0.3, -0.25) is 0 Å². The van der Waals surface area contributed by atoms with Crippen LogP contribution in [0.25, 0.3) is 0 Å². The maximum Gasteiger partial charge on any atom is 0.240 e. The SMILES string of the molecule is O=C=NCc1c(N=C=O)c(CN=C=O)c(N=C=O)c(N=C=O)c1N=C=O. The Kier molecular flexibility index (Phi) is 7.75. The summed E-state index contributed by atoms with van der Waals surface area (Å²) in [5.41, 5.74) is -1.90. The number of benzene rings is 1. The van der Waals surface area contributed by atoms with Crippen molar-refractivity contribution < 1.29 is 28.8 Å². The first-order chi connectivity index (χ1) is 12.7. The van der Waals surface area contributed by atoms with E-state index in [1.54, 1.807) is 0 Å². The van der Waals surface area contributed by atoms with E-state index in [0.717, 1.165) is 0 Å². The zero-order chi connectivity index (χ0) is 19.4. The summed E-state index contributed by atoms with van der Waals surface area (Å²) >= 11 is 0. The van der Waals surface area contributed by atoms with Crippen LogP contribution in [0.15, 0.2) is 30.0 Å². The molecule has 0 aliphatic carbocycles. The maximum atomic E-state index is 10.8. The van der Waals surface area contributed by atoms with E-state index in [-0.39, 0.29) is 16.8 Å². The van der Waals surface area contributed by atoms with Crippen molar-refractivity contribution >= 4 is 59.2 Å². The van der Waals surface area contributed by atoms with E-state index < -0.39 is 30.2 Å². The van der Waals surface area contributed by atoms with Crippen LogP contribution in [0.4, 0.5) is 22.7 Å². The summed E-state index contributed by atoms with van der Waals surface area (Å²) in [4.78, 5) is 83.7. The average Bonchev–Trinajstić information content (AvgIpc) is 2.64. The molecule has 0 N–H and O–H groups in total. The fourth-order valence-corrected chi connectivity index (χ4v) is 1.99. The quantitative estimate of drug-likeness (QED) is 0.501. The van der Waals surface area contributed by atoms with E-state index >= 15 is 0 Å². The van der Waals surface area contributed by atoms with Gasteiger partial charge < -0.3 is 0 Å². The summed E-state index contributed by atoms with van der Waals surface area (Å²) < 4.78 is 0. The molecule has 1 rings (SSSR count). The van der Waals surface area contributed by atoms with Crippen molar-refractivity contribution in [3.8, 4) is 0 Å². The molecule has 0 aliphatic heterocycles. The van der Waals surface area contributed by atoms with Crippen LogP contribution in [0.5, 0.6) is 0 Å². The van der Waals surface area contributed by atoms with E-state index in [4.69, 9.17) is 0 Å². The average molecular weight is 352 g/mol. The molecule has 12 nitrogen and oxygen atoms in total. The van der Waals surface area contributed by atoms with E-state index in [0.29, 0.717) is 0 Å². The van der Waals surface area contributed by atoms with Crippen LogP contribution in [0, 0.1) is 0 Å². The number of nitrogens with zero attached hydrogens (tertiary/aromatic N) is 6. The Bertz CT molecular complexity index is 961. The third-order valence-electron chi connectivity index (χ3n) is 2.83. The van der Waals surface area contributed by atoms with Crippen molar-refractivity contribution in [3.63, 3.8) is 0 Å². The van der Waals surface area contributed by atoms with Gasteiger partial charge in [0.05, 0.1) is 18.8 Å². The Morgan fingerprint density at radius 2 is 0.808 bits per heavy atom. The minimum absolute atomic E-state index is 0.157. The molecule has 126 valence electrons. The fraction of sp³-hybridized carbons (Fsp3) is 0.143. The van der Waals surface area contributed by atoms with Gasteiger partial charge in [0.25, 0.3) is 0 Å². The van der Waals surface area contributed by atoms with Crippen molar-refractivity contribution in [3.05, 3.63) is 11.1 Å². The van der Waals surface area contributed by atoms with E-state index in [9.17, 15) is 28.8 Å². The molecule has 1 aromatic carbocycles. The Morgan fingerprint density at radius 3 is 1.15 bits per heavy atom. The van der Waals surface area contributed by atoms with Gasteiger partial charge in [-0.1, -0.05) is 0 Å². The Labute approximate surface area is 143 Å². The molecular weight excluding hydrogens is 348 g/mol.